The van der Waals surface area contributed by atoms with Gasteiger partial charge in [-0.25, -0.2) is 4.57 Å². The summed E-state index contributed by atoms with van der Waals surface area (Å²) in [6, 6.07) is 0. The molecule has 1 aliphatic heterocycles. The summed E-state index contributed by atoms with van der Waals surface area (Å²) < 4.78 is 8.88. The molecule has 0 fully saturated rings. The largest absolute Gasteiger partial charge is 0.466 e. The van der Waals surface area contributed by atoms with E-state index in [1.807, 2.05) is 0 Å². The topological polar surface area (TPSA) is 84.2 Å². The van der Waals surface area contributed by atoms with Crippen LogP contribution in [0.5, 0.6) is 0 Å². The van der Waals surface area contributed by atoms with E-state index >= 15 is 0 Å². The van der Waals surface area contributed by atoms with Gasteiger partial charge in [0.25, 0.3) is 0 Å². The molecule has 0 saturated heterocycles. The molecule has 1 rings (SSSR count). The van der Waals surface area contributed by atoms with Crippen molar-refractivity contribution < 1.29 is 19.2 Å². The van der Waals surface area contributed by atoms with Gasteiger partial charge in [0.2, 0.25) is 0 Å². The van der Waals surface area contributed by atoms with Crippen LogP contribution in [0.3, 0.4) is 0 Å². The molecule has 0 aromatic carbocycles. The summed E-state index contributed by atoms with van der Waals surface area (Å²) in [4.78, 5) is 27.3. The summed E-state index contributed by atoms with van der Waals surface area (Å²) in [5.41, 5.74) is 3.50. The van der Waals surface area contributed by atoms with Crippen LogP contribution in [-0.4, -0.2) is 44.2 Å². The molecule has 0 aromatic rings. The molecule has 43 heavy (non-hydrogen) atoms. The van der Waals surface area contributed by atoms with E-state index < -0.39 is 7.82 Å². The van der Waals surface area contributed by atoms with Crippen molar-refractivity contribution in [2.45, 2.75) is 207 Å². The summed E-state index contributed by atoms with van der Waals surface area (Å²) in [5, 5.41) is 0. The van der Waals surface area contributed by atoms with Crippen molar-refractivity contribution in [2.24, 2.45) is 0 Å². The van der Waals surface area contributed by atoms with Gasteiger partial charge >= 0.3 is 7.82 Å². The van der Waals surface area contributed by atoms with E-state index in [-0.39, 0.29) is 0 Å². The molecule has 0 aromatic heterocycles. The van der Waals surface area contributed by atoms with Gasteiger partial charge in [-0.05, 0) is 44.9 Å². The van der Waals surface area contributed by atoms with E-state index in [4.69, 9.17) is 19.2 Å². The average Bonchev–Trinajstić information content (AvgIpc) is 3.20. The van der Waals surface area contributed by atoms with Gasteiger partial charge in [0.15, 0.2) is 0 Å². The van der Waals surface area contributed by atoms with Gasteiger partial charge in [0.05, 0.1) is 0 Å². The Morgan fingerprint density at radius 1 is 0.512 bits per heavy atom. The fourth-order valence-electron chi connectivity index (χ4n) is 6.50. The van der Waals surface area contributed by atoms with Crippen LogP contribution in [0.15, 0.2) is 11.4 Å². The zero-order chi connectivity index (χ0) is 32.2. The van der Waals surface area contributed by atoms with Crippen LogP contribution in [0.25, 0.3) is 0 Å². The molecule has 3 N–H and O–H groups in total. The SMILES string of the molecule is CCCCCCCCC1=C(CCCCCCCC)N(CCCCCCCC)C(CCCCCCCC)N1C.O=P(O)(O)O. The summed E-state index contributed by atoms with van der Waals surface area (Å²) in [6.45, 7) is 10.6. The molecule has 0 spiro atoms. The third-order valence-corrected chi connectivity index (χ3v) is 9.02. The molecule has 258 valence electrons. The summed E-state index contributed by atoms with van der Waals surface area (Å²) in [6.07, 6.45) is 38.4. The van der Waals surface area contributed by atoms with E-state index in [1.54, 1.807) is 11.4 Å². The lowest BCUT2D eigenvalue weighted by molar-refractivity contribution is 0.140. The fraction of sp³-hybridized carbons (Fsp3) is 0.944. The van der Waals surface area contributed by atoms with Crippen LogP contribution >= 0.6 is 7.82 Å². The Morgan fingerprint density at radius 3 is 1.26 bits per heavy atom. The zero-order valence-electron chi connectivity index (χ0n) is 29.5. The van der Waals surface area contributed by atoms with Crippen molar-refractivity contribution in [1.82, 2.24) is 9.80 Å². The molecular weight excluding hydrogens is 555 g/mol. The zero-order valence-corrected chi connectivity index (χ0v) is 30.4. The lowest BCUT2D eigenvalue weighted by Crippen LogP contribution is -2.39. The Morgan fingerprint density at radius 2 is 0.837 bits per heavy atom. The quantitative estimate of drug-likeness (QED) is 0.0589. The highest BCUT2D eigenvalue weighted by Gasteiger charge is 2.34. The molecule has 1 heterocycles. The first-order valence-electron chi connectivity index (χ1n) is 18.7. The van der Waals surface area contributed by atoms with E-state index in [9.17, 15) is 0 Å². The molecule has 0 bridgehead atoms. The molecule has 0 aliphatic carbocycles. The Kier molecular flexibility index (Phi) is 28.5. The Labute approximate surface area is 268 Å². The van der Waals surface area contributed by atoms with Crippen molar-refractivity contribution >= 4 is 7.82 Å². The van der Waals surface area contributed by atoms with Gasteiger partial charge < -0.3 is 24.5 Å². The first-order chi connectivity index (χ1) is 20.7. The second kappa shape index (κ2) is 28.9. The maximum atomic E-state index is 8.88. The molecule has 1 aliphatic rings. The first-order valence-corrected chi connectivity index (χ1v) is 20.3. The van der Waals surface area contributed by atoms with Crippen LogP contribution in [0, 0.1) is 0 Å². The molecule has 1 atom stereocenters. The molecule has 0 amide bonds. The lowest BCUT2D eigenvalue weighted by atomic mass is 10.0. The first kappa shape index (κ1) is 42.5. The molecule has 0 saturated carbocycles. The van der Waals surface area contributed by atoms with Crippen molar-refractivity contribution in [2.75, 3.05) is 13.6 Å². The number of rotatable bonds is 28. The minimum absolute atomic E-state index is 0.627. The minimum Gasteiger partial charge on any atom is -0.356 e. The predicted molar refractivity (Wildman–Crippen MR) is 187 cm³/mol. The van der Waals surface area contributed by atoms with Crippen LogP contribution in [0.1, 0.15) is 201 Å². The highest BCUT2D eigenvalue weighted by Crippen LogP contribution is 2.37. The van der Waals surface area contributed by atoms with Crippen molar-refractivity contribution in [3.63, 3.8) is 0 Å². The van der Waals surface area contributed by atoms with Crippen LogP contribution in [-0.2, 0) is 4.57 Å². The molecule has 6 nitrogen and oxygen atoms in total. The van der Waals surface area contributed by atoms with Gasteiger partial charge in [0, 0.05) is 25.0 Å². The Balaban J connectivity index is 0.00000324. The maximum Gasteiger partial charge on any atom is 0.466 e. The number of phosphoric acid groups is 1. The van der Waals surface area contributed by atoms with E-state index in [2.05, 4.69) is 44.5 Å². The van der Waals surface area contributed by atoms with Crippen molar-refractivity contribution in [3.8, 4) is 0 Å². The molecule has 1 unspecified atom stereocenters. The van der Waals surface area contributed by atoms with Crippen LogP contribution < -0.4 is 0 Å². The summed E-state index contributed by atoms with van der Waals surface area (Å²) in [5.74, 6) is 0. The fourth-order valence-corrected chi connectivity index (χ4v) is 6.50. The van der Waals surface area contributed by atoms with Gasteiger partial charge in [0.1, 0.15) is 6.17 Å². The van der Waals surface area contributed by atoms with Crippen LogP contribution in [0.4, 0.5) is 0 Å². The monoisotopic (exact) mass is 631 g/mol. The number of hydrogen-bond donors (Lipinski definition) is 3. The highest BCUT2D eigenvalue weighted by molar-refractivity contribution is 7.45. The van der Waals surface area contributed by atoms with E-state index in [0.29, 0.717) is 6.17 Å². The third-order valence-electron chi connectivity index (χ3n) is 9.02. The standard InChI is InChI=1S/C36H72N2.H3O4P/c1-6-10-14-18-22-26-30-34-35(31-27-23-19-15-11-7-2)38(33-29-25-21-17-13-9-4)36(37(34)5)32-28-24-20-16-12-8-3;1-5(2,3)4/h36H,6-33H2,1-5H3;(H3,1,2,3,4). The Bertz CT molecular complexity index is 688. The van der Waals surface area contributed by atoms with Gasteiger partial charge in [-0.3, -0.25) is 0 Å². The average molecular weight is 631 g/mol. The summed E-state index contributed by atoms with van der Waals surface area (Å²) in [7, 11) is -2.18. The number of allylic oxidation sites excluding steroid dienone is 2. The van der Waals surface area contributed by atoms with Crippen LogP contribution in [0.2, 0.25) is 0 Å². The maximum absolute atomic E-state index is 8.88. The summed E-state index contributed by atoms with van der Waals surface area (Å²) >= 11 is 0. The second-order valence-electron chi connectivity index (χ2n) is 13.1. The molecule has 0 radical (unpaired) electrons. The molecule has 7 heteroatoms. The van der Waals surface area contributed by atoms with Gasteiger partial charge in [-0.1, -0.05) is 156 Å². The van der Waals surface area contributed by atoms with E-state index in [1.165, 1.54) is 180 Å². The minimum atomic E-state index is -4.64. The van der Waals surface area contributed by atoms with Crippen molar-refractivity contribution in [3.05, 3.63) is 11.4 Å². The number of nitrogens with zero attached hydrogens (tertiary/aromatic N) is 2. The lowest BCUT2D eigenvalue weighted by Gasteiger charge is -2.33. The normalized spacial score (nSPS) is 15.4. The highest BCUT2D eigenvalue weighted by atomic mass is 31.2. The second-order valence-corrected chi connectivity index (χ2v) is 14.1. The van der Waals surface area contributed by atoms with Crippen molar-refractivity contribution in [1.29, 1.82) is 0 Å². The number of hydrogen-bond acceptors (Lipinski definition) is 3. The molecular formula is C36H75N2O4P. The van der Waals surface area contributed by atoms with Gasteiger partial charge in [-0.2, -0.15) is 0 Å². The van der Waals surface area contributed by atoms with Gasteiger partial charge in [-0.15, -0.1) is 0 Å². The smallest absolute Gasteiger partial charge is 0.356 e. The van der Waals surface area contributed by atoms with E-state index in [0.717, 1.165) is 0 Å². The predicted octanol–water partition coefficient (Wildman–Crippen LogP) is 11.5. The third kappa shape index (κ3) is 24.4. The number of unbranched alkanes of at least 4 members (excludes halogenated alkanes) is 20. The Hall–Kier alpha value is -0.550.